The molecule has 2 aromatic rings. The SMILES string of the molecule is CC1(C)[C@@H]2C(c3ccc(C(F)(F)F)cc3)=NN3C(C#N)(C#N)C4=C(CCCCCC4)[C@@]3(c3ccc(C(F)(F)F)cc3)[C@@H]21. The van der Waals surface area contributed by atoms with E-state index < -0.39 is 40.0 Å². The number of rotatable bonds is 2. The van der Waals surface area contributed by atoms with Crippen LogP contribution in [-0.2, 0) is 17.9 Å². The zero-order valence-corrected chi connectivity index (χ0v) is 23.1. The van der Waals surface area contributed by atoms with Gasteiger partial charge in [0, 0.05) is 11.8 Å². The van der Waals surface area contributed by atoms with Gasteiger partial charge in [-0.15, -0.1) is 0 Å². The van der Waals surface area contributed by atoms with E-state index in [-0.39, 0.29) is 11.8 Å². The number of benzene rings is 2. The Morgan fingerprint density at radius 3 is 1.76 bits per heavy atom. The van der Waals surface area contributed by atoms with Crippen molar-refractivity contribution in [1.29, 1.82) is 10.5 Å². The molecule has 6 rings (SSSR count). The van der Waals surface area contributed by atoms with Crippen LogP contribution in [0.3, 0.4) is 0 Å². The van der Waals surface area contributed by atoms with Crippen LogP contribution in [-0.4, -0.2) is 16.3 Å². The number of nitrogens with zero attached hydrogens (tertiary/aromatic N) is 4. The summed E-state index contributed by atoms with van der Waals surface area (Å²) in [5.41, 5.74) is -2.05. The van der Waals surface area contributed by atoms with Crippen LogP contribution in [0, 0.1) is 39.9 Å². The predicted octanol–water partition coefficient (Wildman–Crippen LogP) is 8.36. The van der Waals surface area contributed by atoms with E-state index in [1.54, 1.807) is 0 Å². The smallest absolute Gasteiger partial charge is 0.244 e. The van der Waals surface area contributed by atoms with Gasteiger partial charge in [-0.25, -0.2) is 5.01 Å². The summed E-state index contributed by atoms with van der Waals surface area (Å²) in [6, 6.07) is 14.1. The maximum absolute atomic E-state index is 13.6. The second kappa shape index (κ2) is 9.10. The lowest BCUT2D eigenvalue weighted by atomic mass is 9.72. The molecule has 0 radical (unpaired) electrons. The molecule has 218 valence electrons. The van der Waals surface area contributed by atoms with Gasteiger partial charge in [0.15, 0.2) is 0 Å². The van der Waals surface area contributed by atoms with Gasteiger partial charge < -0.3 is 0 Å². The Labute approximate surface area is 239 Å². The fourth-order valence-electron chi connectivity index (χ4n) is 7.88. The summed E-state index contributed by atoms with van der Waals surface area (Å²) in [6.45, 7) is 4.03. The molecule has 1 saturated carbocycles. The molecule has 2 aliphatic heterocycles. The molecule has 2 aromatic carbocycles. The number of hydrazone groups is 1. The van der Waals surface area contributed by atoms with E-state index >= 15 is 0 Å². The lowest BCUT2D eigenvalue weighted by Gasteiger charge is -2.46. The van der Waals surface area contributed by atoms with Crippen molar-refractivity contribution in [2.75, 3.05) is 0 Å². The number of nitriles is 2. The van der Waals surface area contributed by atoms with Crippen LogP contribution in [0.15, 0.2) is 64.8 Å². The summed E-state index contributed by atoms with van der Waals surface area (Å²) in [7, 11) is 0. The van der Waals surface area contributed by atoms with Crippen LogP contribution in [0.4, 0.5) is 26.3 Å². The highest BCUT2D eigenvalue weighted by atomic mass is 19.4. The van der Waals surface area contributed by atoms with Crippen molar-refractivity contribution in [2.24, 2.45) is 22.4 Å². The van der Waals surface area contributed by atoms with Gasteiger partial charge in [0.2, 0.25) is 0 Å². The first kappa shape index (κ1) is 28.3. The zero-order chi connectivity index (χ0) is 30.3. The van der Waals surface area contributed by atoms with E-state index in [2.05, 4.69) is 12.1 Å². The first-order valence-corrected chi connectivity index (χ1v) is 14.0. The van der Waals surface area contributed by atoms with E-state index in [9.17, 15) is 36.9 Å². The Morgan fingerprint density at radius 2 is 1.26 bits per heavy atom. The van der Waals surface area contributed by atoms with Gasteiger partial charge in [-0.3, -0.25) is 0 Å². The summed E-state index contributed by atoms with van der Waals surface area (Å²) in [5, 5.41) is 27.9. The molecule has 0 bridgehead atoms. The summed E-state index contributed by atoms with van der Waals surface area (Å²) in [6.07, 6.45) is -4.57. The first-order chi connectivity index (χ1) is 19.7. The molecule has 2 heterocycles. The van der Waals surface area contributed by atoms with Crippen molar-refractivity contribution in [3.63, 3.8) is 0 Å². The van der Waals surface area contributed by atoms with Crippen molar-refractivity contribution in [2.45, 2.75) is 75.8 Å². The molecular weight excluding hydrogens is 554 g/mol. The maximum atomic E-state index is 13.6. The van der Waals surface area contributed by atoms with Gasteiger partial charge in [0.1, 0.15) is 17.7 Å². The Hall–Kier alpha value is -3.79. The largest absolute Gasteiger partial charge is 0.416 e. The second-order valence-corrected chi connectivity index (χ2v) is 12.3. The third kappa shape index (κ3) is 3.76. The van der Waals surface area contributed by atoms with Gasteiger partial charge in [0.05, 0.1) is 16.8 Å². The molecule has 42 heavy (non-hydrogen) atoms. The Bertz CT molecular complexity index is 1550. The fourth-order valence-corrected chi connectivity index (χ4v) is 7.88. The van der Waals surface area contributed by atoms with Crippen LogP contribution >= 0.6 is 0 Å². The Balaban J connectivity index is 1.63. The molecule has 1 fully saturated rings. The number of fused-ring (bicyclic) bond motifs is 4. The normalized spacial score (nSPS) is 27.9. The van der Waals surface area contributed by atoms with Crippen molar-refractivity contribution in [1.82, 2.24) is 5.01 Å². The van der Waals surface area contributed by atoms with E-state index in [0.29, 0.717) is 35.3 Å². The third-order valence-corrected chi connectivity index (χ3v) is 9.78. The minimum absolute atomic E-state index is 0.264. The van der Waals surface area contributed by atoms with Crippen LogP contribution in [0.5, 0.6) is 0 Å². The van der Waals surface area contributed by atoms with Gasteiger partial charge in [0.25, 0.3) is 5.54 Å². The molecule has 4 aliphatic rings. The van der Waals surface area contributed by atoms with Gasteiger partial charge in [-0.1, -0.05) is 51.0 Å². The average Bonchev–Trinajstić information content (AvgIpc) is 3.43. The molecule has 0 amide bonds. The van der Waals surface area contributed by atoms with E-state index in [4.69, 9.17) is 5.10 Å². The van der Waals surface area contributed by atoms with Crippen LogP contribution in [0.25, 0.3) is 0 Å². The molecule has 0 N–H and O–H groups in total. The van der Waals surface area contributed by atoms with Crippen molar-refractivity contribution >= 4 is 5.71 Å². The highest BCUT2D eigenvalue weighted by Gasteiger charge is 2.78. The highest BCUT2D eigenvalue weighted by Crippen LogP contribution is 2.75. The lowest BCUT2D eigenvalue weighted by molar-refractivity contribution is -0.138. The highest BCUT2D eigenvalue weighted by molar-refractivity contribution is 6.06. The summed E-state index contributed by atoms with van der Waals surface area (Å²) < 4.78 is 80.7. The first-order valence-electron chi connectivity index (χ1n) is 14.0. The molecule has 2 aliphatic carbocycles. The molecule has 0 spiro atoms. The number of alkyl halides is 6. The van der Waals surface area contributed by atoms with Crippen LogP contribution < -0.4 is 0 Å². The van der Waals surface area contributed by atoms with Gasteiger partial charge >= 0.3 is 12.4 Å². The minimum Gasteiger partial charge on any atom is -0.244 e. The zero-order valence-electron chi connectivity index (χ0n) is 23.1. The van der Waals surface area contributed by atoms with E-state index in [1.165, 1.54) is 29.3 Å². The van der Waals surface area contributed by atoms with Gasteiger partial charge in [-0.2, -0.15) is 42.0 Å². The number of halogens is 6. The standard InChI is InChI=1S/C32H28F6N4/c1-28(2)25-26(19-9-11-21(12-10-19)31(33,34)35)41-42-29(17-39,18-40)23-7-5-3-4-6-8-24(23)30(42,27(25)28)20-13-15-22(16-14-20)32(36,37)38/h9-16,25,27H,3-8H2,1-2H3/t25-,27+,30+/m1/s1. The lowest BCUT2D eigenvalue weighted by Crippen LogP contribution is -2.55. The molecule has 4 nitrogen and oxygen atoms in total. The van der Waals surface area contributed by atoms with Gasteiger partial charge in [-0.05, 0) is 77.6 Å². The van der Waals surface area contributed by atoms with Crippen LogP contribution in [0.1, 0.15) is 74.6 Å². The summed E-state index contributed by atoms with van der Waals surface area (Å²) in [4.78, 5) is 0. The van der Waals surface area contributed by atoms with Crippen molar-refractivity contribution < 1.29 is 26.3 Å². The fraction of sp³-hybridized carbons (Fsp3) is 0.469. The van der Waals surface area contributed by atoms with E-state index in [1.807, 2.05) is 13.8 Å². The summed E-state index contributed by atoms with van der Waals surface area (Å²) in [5.74, 6) is -0.551. The van der Waals surface area contributed by atoms with Crippen LogP contribution in [0.2, 0.25) is 0 Å². The maximum Gasteiger partial charge on any atom is 0.416 e. The Morgan fingerprint density at radius 1 is 0.762 bits per heavy atom. The molecule has 0 unspecified atom stereocenters. The second-order valence-electron chi connectivity index (χ2n) is 12.3. The third-order valence-electron chi connectivity index (χ3n) is 9.78. The molecule has 0 aromatic heterocycles. The van der Waals surface area contributed by atoms with E-state index in [0.717, 1.165) is 55.5 Å². The molecule has 10 heteroatoms. The minimum atomic E-state index is -4.54. The monoisotopic (exact) mass is 582 g/mol. The summed E-state index contributed by atoms with van der Waals surface area (Å²) >= 11 is 0. The topological polar surface area (TPSA) is 63.2 Å². The molecular formula is C32H28F6N4. The predicted molar refractivity (Wildman–Crippen MR) is 142 cm³/mol. The van der Waals surface area contributed by atoms with Crippen molar-refractivity contribution in [3.8, 4) is 12.1 Å². The number of hydrogen-bond acceptors (Lipinski definition) is 4. The quantitative estimate of drug-likeness (QED) is 0.264. The molecule has 3 atom stereocenters. The molecule has 0 saturated heterocycles. The van der Waals surface area contributed by atoms with Crippen molar-refractivity contribution in [3.05, 3.63) is 81.9 Å². The average molecular weight is 583 g/mol. The number of hydrogen-bond donors (Lipinski definition) is 0. The Kier molecular flexibility index (Phi) is 6.14.